The first kappa shape index (κ1) is 20.8. The normalized spacial score (nSPS) is 15.9. The van der Waals surface area contributed by atoms with Crippen LogP contribution in [0, 0.1) is 0 Å². The molecule has 1 aliphatic heterocycles. The van der Waals surface area contributed by atoms with Gasteiger partial charge in [-0.25, -0.2) is 0 Å². The lowest BCUT2D eigenvalue weighted by Gasteiger charge is -2.33. The monoisotopic (exact) mass is 421 g/mol. The van der Waals surface area contributed by atoms with E-state index in [1.807, 2.05) is 19.1 Å². The first-order valence-corrected chi connectivity index (χ1v) is 10.4. The molecule has 0 saturated carbocycles. The predicted molar refractivity (Wildman–Crippen MR) is 118 cm³/mol. The van der Waals surface area contributed by atoms with Gasteiger partial charge in [0, 0.05) is 16.4 Å². The van der Waals surface area contributed by atoms with E-state index in [2.05, 4.69) is 34.6 Å². The quantitative estimate of drug-likeness (QED) is 0.671. The zero-order valence-electron chi connectivity index (χ0n) is 16.3. The van der Waals surface area contributed by atoms with Crippen LogP contribution in [-0.4, -0.2) is 44.7 Å². The number of hydrogen-bond donors (Lipinski definition) is 3. The SMILES string of the molecule is CC[NH+]1CCN(c2ccc(N[C@H](C)C(=O)Nc3ccc(Cl)cc3Cl)cc2)CC1. The van der Waals surface area contributed by atoms with E-state index in [0.717, 1.165) is 18.8 Å². The third kappa shape index (κ3) is 5.31. The Labute approximate surface area is 176 Å². The van der Waals surface area contributed by atoms with Gasteiger partial charge in [-0.15, -0.1) is 0 Å². The van der Waals surface area contributed by atoms with Gasteiger partial charge in [-0.2, -0.15) is 0 Å². The van der Waals surface area contributed by atoms with E-state index in [4.69, 9.17) is 23.2 Å². The number of halogens is 2. The van der Waals surface area contributed by atoms with Crippen LogP contribution in [0.2, 0.25) is 10.0 Å². The van der Waals surface area contributed by atoms with Crippen LogP contribution < -0.4 is 20.4 Å². The topological polar surface area (TPSA) is 48.8 Å². The number of rotatable bonds is 6. The Morgan fingerprint density at radius 2 is 1.82 bits per heavy atom. The van der Waals surface area contributed by atoms with Crippen molar-refractivity contribution in [3.8, 4) is 0 Å². The second-order valence-corrected chi connectivity index (χ2v) is 7.96. The number of quaternary nitrogens is 1. The Morgan fingerprint density at radius 1 is 1.14 bits per heavy atom. The summed E-state index contributed by atoms with van der Waals surface area (Å²) in [6.07, 6.45) is 0. The second-order valence-electron chi connectivity index (χ2n) is 7.12. The molecule has 1 fully saturated rings. The van der Waals surface area contributed by atoms with Crippen molar-refractivity contribution in [1.29, 1.82) is 0 Å². The minimum absolute atomic E-state index is 0.160. The van der Waals surface area contributed by atoms with Gasteiger partial charge in [-0.05, 0) is 56.3 Å². The largest absolute Gasteiger partial charge is 0.374 e. The Balaban J connectivity index is 1.55. The molecule has 0 radical (unpaired) electrons. The molecule has 2 aromatic rings. The Morgan fingerprint density at radius 3 is 2.43 bits per heavy atom. The van der Waals surface area contributed by atoms with Crippen molar-refractivity contribution in [2.75, 3.05) is 48.3 Å². The summed E-state index contributed by atoms with van der Waals surface area (Å²) < 4.78 is 0. The van der Waals surface area contributed by atoms with Gasteiger partial charge in [0.25, 0.3) is 0 Å². The van der Waals surface area contributed by atoms with Crippen molar-refractivity contribution in [2.45, 2.75) is 19.9 Å². The average molecular weight is 422 g/mol. The molecule has 1 heterocycles. The maximum absolute atomic E-state index is 12.5. The van der Waals surface area contributed by atoms with Gasteiger partial charge >= 0.3 is 0 Å². The Kier molecular flexibility index (Phi) is 7.05. The molecule has 7 heteroatoms. The van der Waals surface area contributed by atoms with Gasteiger partial charge in [0.05, 0.1) is 43.4 Å². The molecule has 0 aromatic heterocycles. The van der Waals surface area contributed by atoms with Crippen LogP contribution in [0.25, 0.3) is 0 Å². The van der Waals surface area contributed by atoms with E-state index in [1.54, 1.807) is 23.1 Å². The molecule has 2 aromatic carbocycles. The highest BCUT2D eigenvalue weighted by Crippen LogP contribution is 2.25. The molecule has 1 amide bonds. The summed E-state index contributed by atoms with van der Waals surface area (Å²) in [5.74, 6) is -0.160. The van der Waals surface area contributed by atoms with Gasteiger partial charge in [0.1, 0.15) is 6.04 Å². The lowest BCUT2D eigenvalue weighted by molar-refractivity contribution is -0.898. The zero-order valence-corrected chi connectivity index (χ0v) is 17.8. The van der Waals surface area contributed by atoms with E-state index >= 15 is 0 Å². The van der Waals surface area contributed by atoms with Crippen molar-refractivity contribution in [2.24, 2.45) is 0 Å². The van der Waals surface area contributed by atoms with Crippen LogP contribution in [0.5, 0.6) is 0 Å². The Bertz CT molecular complexity index is 805. The highest BCUT2D eigenvalue weighted by atomic mass is 35.5. The molecule has 0 bridgehead atoms. The third-order valence-electron chi connectivity index (χ3n) is 5.17. The molecule has 1 saturated heterocycles. The van der Waals surface area contributed by atoms with Crippen molar-refractivity contribution in [1.82, 2.24) is 0 Å². The number of benzene rings is 2. The molecule has 3 N–H and O–H groups in total. The van der Waals surface area contributed by atoms with Crippen molar-refractivity contribution < 1.29 is 9.69 Å². The van der Waals surface area contributed by atoms with E-state index in [0.29, 0.717) is 15.7 Å². The molecule has 0 aliphatic carbocycles. The van der Waals surface area contributed by atoms with Crippen LogP contribution in [0.3, 0.4) is 0 Å². The number of likely N-dealkylation sites (N-methyl/N-ethyl adjacent to an activating group) is 1. The molecular weight excluding hydrogens is 395 g/mol. The van der Waals surface area contributed by atoms with E-state index in [-0.39, 0.29) is 5.91 Å². The minimum atomic E-state index is -0.408. The molecular formula is C21H27Cl2N4O+. The van der Waals surface area contributed by atoms with E-state index in [9.17, 15) is 4.79 Å². The lowest BCUT2D eigenvalue weighted by Crippen LogP contribution is -3.14. The number of nitrogens with zero attached hydrogens (tertiary/aromatic N) is 1. The molecule has 5 nitrogen and oxygen atoms in total. The van der Waals surface area contributed by atoms with Gasteiger partial charge < -0.3 is 20.4 Å². The van der Waals surface area contributed by atoms with Gasteiger partial charge in [-0.3, -0.25) is 4.79 Å². The van der Waals surface area contributed by atoms with Gasteiger partial charge in [-0.1, -0.05) is 23.2 Å². The van der Waals surface area contributed by atoms with Gasteiger partial charge in [0.15, 0.2) is 0 Å². The number of piperazine rings is 1. The zero-order chi connectivity index (χ0) is 20.1. The lowest BCUT2D eigenvalue weighted by atomic mass is 10.2. The fourth-order valence-corrected chi connectivity index (χ4v) is 3.81. The van der Waals surface area contributed by atoms with Crippen LogP contribution in [0.4, 0.5) is 17.1 Å². The van der Waals surface area contributed by atoms with Crippen molar-refractivity contribution in [3.05, 3.63) is 52.5 Å². The fourth-order valence-electron chi connectivity index (χ4n) is 3.35. The van der Waals surface area contributed by atoms with Crippen LogP contribution in [0.1, 0.15) is 13.8 Å². The first-order chi connectivity index (χ1) is 13.5. The molecule has 0 spiro atoms. The number of carbonyl (C=O) groups is 1. The summed E-state index contributed by atoms with van der Waals surface area (Å²) in [6, 6.07) is 12.9. The number of nitrogens with one attached hydrogen (secondary N) is 3. The van der Waals surface area contributed by atoms with Crippen molar-refractivity contribution >= 4 is 46.2 Å². The average Bonchev–Trinajstić information content (AvgIpc) is 2.70. The minimum Gasteiger partial charge on any atom is -0.374 e. The second kappa shape index (κ2) is 9.50. The predicted octanol–water partition coefficient (Wildman–Crippen LogP) is 3.16. The number of hydrogen-bond acceptors (Lipinski definition) is 3. The first-order valence-electron chi connectivity index (χ1n) is 9.67. The highest BCUT2D eigenvalue weighted by molar-refractivity contribution is 6.36. The summed E-state index contributed by atoms with van der Waals surface area (Å²) >= 11 is 12.0. The number of amides is 1. The van der Waals surface area contributed by atoms with Crippen LogP contribution >= 0.6 is 23.2 Å². The molecule has 1 aliphatic rings. The summed E-state index contributed by atoms with van der Waals surface area (Å²) in [6.45, 7) is 9.77. The molecule has 0 unspecified atom stereocenters. The molecule has 1 atom stereocenters. The highest BCUT2D eigenvalue weighted by Gasteiger charge is 2.19. The Hall–Kier alpha value is -1.95. The van der Waals surface area contributed by atoms with E-state index in [1.165, 1.54) is 25.3 Å². The maximum atomic E-state index is 12.5. The third-order valence-corrected chi connectivity index (χ3v) is 5.72. The summed E-state index contributed by atoms with van der Waals surface area (Å²) in [5, 5.41) is 7.02. The smallest absolute Gasteiger partial charge is 0.246 e. The van der Waals surface area contributed by atoms with E-state index < -0.39 is 6.04 Å². The summed E-state index contributed by atoms with van der Waals surface area (Å²) in [7, 11) is 0. The number of carbonyl (C=O) groups excluding carboxylic acids is 1. The van der Waals surface area contributed by atoms with Crippen LogP contribution in [0.15, 0.2) is 42.5 Å². The van der Waals surface area contributed by atoms with Gasteiger partial charge in [0.2, 0.25) is 5.91 Å². The summed E-state index contributed by atoms with van der Waals surface area (Å²) in [5.41, 5.74) is 2.69. The molecule has 28 heavy (non-hydrogen) atoms. The molecule has 150 valence electrons. The number of anilines is 3. The standard InChI is InChI=1S/C21H26Cl2N4O/c1-3-26-10-12-27(13-11-26)18-7-5-17(6-8-18)24-15(2)21(28)25-20-9-4-16(22)14-19(20)23/h4-9,14-15,24H,3,10-13H2,1-2H3,(H,25,28)/p+1/t15-/m1/s1. The molecule has 3 rings (SSSR count). The fraction of sp³-hybridized carbons (Fsp3) is 0.381. The van der Waals surface area contributed by atoms with Crippen LogP contribution in [-0.2, 0) is 4.79 Å². The van der Waals surface area contributed by atoms with Crippen molar-refractivity contribution in [3.63, 3.8) is 0 Å². The summed E-state index contributed by atoms with van der Waals surface area (Å²) in [4.78, 5) is 16.5. The maximum Gasteiger partial charge on any atom is 0.246 e.